The number of hydrogen-bond donors (Lipinski definition) is 11. The van der Waals surface area contributed by atoms with Gasteiger partial charge < -0.3 is 67.0 Å². The number of piperazine rings is 1. The fourth-order valence-corrected chi connectivity index (χ4v) is 9.69. The molecule has 28 nitrogen and oxygen atoms in total. The molecule has 3 amide bonds. The summed E-state index contributed by atoms with van der Waals surface area (Å²) in [4.78, 5) is 120. The molecule has 81 heavy (non-hydrogen) atoms. The number of carbonyl (C=O) groups is 8. The summed E-state index contributed by atoms with van der Waals surface area (Å²) in [5.41, 5.74) is 1.72. The molecule has 1 aromatic carbocycles. The largest absolute Gasteiger partial charge is 0.481 e. The molecule has 1 aromatic heterocycles. The lowest BCUT2D eigenvalue weighted by molar-refractivity contribution is -0.141. The lowest BCUT2D eigenvalue weighted by atomic mass is 10.0. The topological polar surface area (TPSA) is 376 Å². The summed E-state index contributed by atoms with van der Waals surface area (Å²) in [6, 6.07) is 3.77. The van der Waals surface area contributed by atoms with Crippen molar-refractivity contribution >= 4 is 71.3 Å². The molecule has 2 aliphatic rings. The Kier molecular flexibility index (Phi) is 29.9. The molecule has 3 heterocycles. The zero-order valence-corrected chi connectivity index (χ0v) is 46.9. The van der Waals surface area contributed by atoms with Crippen LogP contribution in [0.2, 0.25) is 0 Å². The van der Waals surface area contributed by atoms with Gasteiger partial charge in [0.15, 0.2) is 0 Å². The number of nitrogens with zero attached hydrogens (tertiary/aromatic N) is 9. The van der Waals surface area contributed by atoms with Crippen LogP contribution in [-0.4, -0.2) is 255 Å². The minimum atomic E-state index is -1.48. The number of unbranched alkanes of at least 4 members (excludes halogenated alkanes) is 8. The van der Waals surface area contributed by atoms with Gasteiger partial charge in [-0.25, -0.2) is 14.4 Å². The average molecular weight is 1140 g/mol. The molecule has 11 N–H and O–H groups in total. The summed E-state index contributed by atoms with van der Waals surface area (Å²) in [6.45, 7) is 6.84. The van der Waals surface area contributed by atoms with E-state index in [-0.39, 0.29) is 44.4 Å². The van der Waals surface area contributed by atoms with Crippen molar-refractivity contribution in [2.75, 3.05) is 134 Å². The molecular formula is C53H86N14O14. The first-order chi connectivity index (χ1) is 38.8. The highest BCUT2D eigenvalue weighted by atomic mass is 16.4. The van der Waals surface area contributed by atoms with Crippen LogP contribution in [0.25, 0.3) is 0 Å². The lowest BCUT2D eigenvalue weighted by Gasteiger charge is -2.37. The van der Waals surface area contributed by atoms with Gasteiger partial charge in [0.25, 0.3) is 0 Å². The van der Waals surface area contributed by atoms with E-state index in [4.69, 9.17) is 10.1 Å². The molecule has 0 saturated carbocycles. The van der Waals surface area contributed by atoms with Crippen LogP contribution < -0.4 is 31.5 Å². The van der Waals surface area contributed by atoms with Crippen LogP contribution in [0.1, 0.15) is 95.5 Å². The van der Waals surface area contributed by atoms with E-state index in [0.29, 0.717) is 95.9 Å². The molecule has 2 aromatic rings. The van der Waals surface area contributed by atoms with Crippen LogP contribution >= 0.6 is 0 Å². The summed E-state index contributed by atoms with van der Waals surface area (Å²) < 4.78 is 0. The molecule has 0 spiro atoms. The number of aromatic nitrogens is 3. The standard InChI is InChI=1S/C53H86N14O14/c1-54-50-59-51(56-39-17-15-38(16-18-39)33-40-34-62(2)23-24-64(35-45(71)72)25-26-65(36-46(73)74)29-32-67(40)37-47(75)76)61-52(60-50)66-30-27-63(28-31-66)22-12-8-6-4-3-5-7-9-14-43(68)55-21-11-10-13-41(48(77)78)57-53(81)58-42(49(79)80)19-20-44(69)70/h15-18,40-42H,3-14,19-37H2,1-2H3,(H,55,68)(H,69,70)(H,71,72)(H,73,74)(H,75,76)(H,77,78)(H,79,80)(H2,57,58,81)(H2,54,56,59,60,61)/t40?,41-,42-/m0/s1. The van der Waals surface area contributed by atoms with Gasteiger partial charge >= 0.3 is 41.8 Å². The molecule has 3 atom stereocenters. The maximum atomic E-state index is 12.3. The Morgan fingerprint density at radius 2 is 1.11 bits per heavy atom. The average Bonchev–Trinajstić information content (AvgIpc) is 3.41. The molecule has 4 rings (SSSR count). The Morgan fingerprint density at radius 3 is 1.69 bits per heavy atom. The Bertz CT molecular complexity index is 2310. The second-order valence-corrected chi connectivity index (χ2v) is 20.8. The molecule has 2 fully saturated rings. The predicted octanol–water partition coefficient (Wildman–Crippen LogP) is 1.66. The van der Waals surface area contributed by atoms with E-state index in [2.05, 4.69) is 51.3 Å². The van der Waals surface area contributed by atoms with E-state index in [1.807, 2.05) is 36.2 Å². The number of rotatable bonds is 35. The number of carboxylic acid groups (broad SMARTS) is 6. The maximum absolute atomic E-state index is 12.3. The van der Waals surface area contributed by atoms with E-state index >= 15 is 0 Å². The Morgan fingerprint density at radius 1 is 0.568 bits per heavy atom. The van der Waals surface area contributed by atoms with Gasteiger partial charge in [0.1, 0.15) is 12.1 Å². The number of likely N-dealkylation sites (N-methyl/N-ethyl adjacent to an activating group) is 1. The van der Waals surface area contributed by atoms with Crippen LogP contribution in [-0.2, 0) is 40.0 Å². The fourth-order valence-electron chi connectivity index (χ4n) is 9.69. The first kappa shape index (κ1) is 66.5. The van der Waals surface area contributed by atoms with E-state index in [9.17, 15) is 63.9 Å². The van der Waals surface area contributed by atoms with Crippen molar-refractivity contribution in [3.63, 3.8) is 0 Å². The molecular weight excluding hydrogens is 1060 g/mol. The molecule has 28 heteroatoms. The Balaban J connectivity index is 1.12. The van der Waals surface area contributed by atoms with E-state index < -0.39 is 60.4 Å². The predicted molar refractivity (Wildman–Crippen MR) is 300 cm³/mol. The number of urea groups is 1. The van der Waals surface area contributed by atoms with Crippen molar-refractivity contribution in [2.24, 2.45) is 0 Å². The quantitative estimate of drug-likeness (QED) is 0.0437. The van der Waals surface area contributed by atoms with Gasteiger partial charge in [0, 0.05) is 110 Å². The highest BCUT2D eigenvalue weighted by Crippen LogP contribution is 2.22. The van der Waals surface area contributed by atoms with Crippen LogP contribution in [0.3, 0.4) is 0 Å². The summed E-state index contributed by atoms with van der Waals surface area (Å²) in [6.07, 6.45) is 9.40. The van der Waals surface area contributed by atoms with Crippen molar-refractivity contribution in [3.8, 4) is 0 Å². The lowest BCUT2D eigenvalue weighted by Crippen LogP contribution is -2.52. The van der Waals surface area contributed by atoms with Gasteiger partial charge in [-0.1, -0.05) is 50.7 Å². The molecule has 2 saturated heterocycles. The highest BCUT2D eigenvalue weighted by molar-refractivity contribution is 5.86. The highest BCUT2D eigenvalue weighted by Gasteiger charge is 2.28. The minimum absolute atomic E-state index is 0.0569. The van der Waals surface area contributed by atoms with Gasteiger partial charge in [0.2, 0.25) is 23.8 Å². The van der Waals surface area contributed by atoms with Crippen LogP contribution in [0.5, 0.6) is 0 Å². The third kappa shape index (κ3) is 27.3. The number of carbonyl (C=O) groups excluding carboxylic acids is 2. The molecule has 1 unspecified atom stereocenters. The van der Waals surface area contributed by atoms with Crippen LogP contribution in [0.4, 0.5) is 28.3 Å². The number of amides is 3. The van der Waals surface area contributed by atoms with Crippen molar-refractivity contribution in [2.45, 2.75) is 114 Å². The van der Waals surface area contributed by atoms with Gasteiger partial charge in [-0.2, -0.15) is 15.0 Å². The number of anilines is 4. The fraction of sp³-hybridized carbons (Fsp3) is 0.679. The smallest absolute Gasteiger partial charge is 0.326 e. The Labute approximate surface area is 473 Å². The van der Waals surface area contributed by atoms with Gasteiger partial charge in [0.05, 0.1) is 19.6 Å². The first-order valence-electron chi connectivity index (χ1n) is 28.1. The number of carboxylic acids is 6. The zero-order valence-electron chi connectivity index (χ0n) is 46.9. The van der Waals surface area contributed by atoms with Gasteiger partial charge in [-0.05, 0) is 76.2 Å². The Hall–Kier alpha value is -7.01. The first-order valence-corrected chi connectivity index (χ1v) is 28.1. The third-order valence-corrected chi connectivity index (χ3v) is 14.2. The van der Waals surface area contributed by atoms with Crippen molar-refractivity contribution in [1.82, 2.24) is 55.4 Å². The second-order valence-electron chi connectivity index (χ2n) is 20.8. The molecule has 0 aliphatic carbocycles. The zero-order chi connectivity index (χ0) is 59.1. The van der Waals surface area contributed by atoms with Gasteiger partial charge in [-0.3, -0.25) is 43.6 Å². The van der Waals surface area contributed by atoms with Crippen LogP contribution in [0, 0.1) is 0 Å². The summed E-state index contributed by atoms with van der Waals surface area (Å²) >= 11 is 0. The number of hydrogen-bond acceptors (Lipinski definition) is 19. The van der Waals surface area contributed by atoms with Crippen LogP contribution in [0.15, 0.2) is 24.3 Å². The normalized spacial score (nSPS) is 17.2. The van der Waals surface area contributed by atoms with Crippen molar-refractivity contribution in [3.05, 3.63) is 29.8 Å². The molecule has 2 aliphatic heterocycles. The number of benzene rings is 1. The van der Waals surface area contributed by atoms with E-state index in [1.54, 1.807) is 16.8 Å². The van der Waals surface area contributed by atoms with Gasteiger partial charge in [-0.15, -0.1) is 0 Å². The van der Waals surface area contributed by atoms with E-state index in [1.165, 1.54) is 0 Å². The number of nitrogens with one attached hydrogen (secondary N) is 5. The summed E-state index contributed by atoms with van der Waals surface area (Å²) in [7, 11) is 3.69. The number of aliphatic carboxylic acids is 6. The third-order valence-electron chi connectivity index (χ3n) is 14.2. The minimum Gasteiger partial charge on any atom is -0.481 e. The van der Waals surface area contributed by atoms with Crippen molar-refractivity contribution in [1.29, 1.82) is 0 Å². The molecule has 0 radical (unpaired) electrons. The summed E-state index contributed by atoms with van der Waals surface area (Å²) in [5.74, 6) is -5.61. The SMILES string of the molecule is CNc1nc(Nc2ccc(CC3CN(C)CCN(CC(=O)O)CCN(CC(=O)O)CCN3CC(=O)O)cc2)nc(N2CCN(CCCCCCCCCCC(=O)NCCCC[C@H](NC(=O)N[C@@H](CCC(=O)O)C(=O)O)C(=O)O)CC2)n1. The van der Waals surface area contributed by atoms with E-state index in [0.717, 1.165) is 95.3 Å². The molecule has 0 bridgehead atoms. The summed E-state index contributed by atoms with van der Waals surface area (Å²) in [5, 5.41) is 70.0. The molecule has 452 valence electrons. The maximum Gasteiger partial charge on any atom is 0.326 e. The van der Waals surface area contributed by atoms with Crippen molar-refractivity contribution < 1.29 is 69.0 Å². The monoisotopic (exact) mass is 1140 g/mol. The second kappa shape index (κ2) is 36.4.